The molecule has 0 aliphatic carbocycles. The Bertz CT molecular complexity index is 284. The van der Waals surface area contributed by atoms with Crippen molar-refractivity contribution >= 4 is 5.91 Å². The summed E-state index contributed by atoms with van der Waals surface area (Å²) in [5.74, 6) is 0.659. The Balaban J connectivity index is 2.26. The summed E-state index contributed by atoms with van der Waals surface area (Å²) in [6.07, 6.45) is 1.86. The van der Waals surface area contributed by atoms with E-state index >= 15 is 0 Å². The molecule has 2 atom stereocenters. The molecule has 1 fully saturated rings. The lowest BCUT2D eigenvalue weighted by molar-refractivity contribution is -0.124. The van der Waals surface area contributed by atoms with Crippen LogP contribution in [0.3, 0.4) is 0 Å². The molecule has 0 aromatic carbocycles. The highest BCUT2D eigenvalue weighted by molar-refractivity contribution is 5.77. The number of nitrogens with zero attached hydrogens (tertiary/aromatic N) is 1. The van der Waals surface area contributed by atoms with E-state index in [1.165, 1.54) is 0 Å². The van der Waals surface area contributed by atoms with Crippen LogP contribution in [0.15, 0.2) is 0 Å². The molecule has 1 saturated heterocycles. The fourth-order valence-electron chi connectivity index (χ4n) is 2.54. The minimum Gasteiger partial charge on any atom is -0.389 e. The lowest BCUT2D eigenvalue weighted by Crippen LogP contribution is -2.44. The maximum Gasteiger partial charge on any atom is 0.222 e. The van der Waals surface area contributed by atoms with E-state index in [1.54, 1.807) is 0 Å². The second kappa shape index (κ2) is 9.32. The van der Waals surface area contributed by atoms with Crippen LogP contribution in [0.5, 0.6) is 0 Å². The van der Waals surface area contributed by atoms with E-state index in [0.717, 1.165) is 32.5 Å². The zero-order valence-electron chi connectivity index (χ0n) is 13.1. The molecule has 2 N–H and O–H groups in total. The van der Waals surface area contributed by atoms with Gasteiger partial charge in [0.15, 0.2) is 0 Å². The molecular weight excluding hydrogens is 256 g/mol. The van der Waals surface area contributed by atoms with E-state index in [-0.39, 0.29) is 11.8 Å². The average molecular weight is 286 g/mol. The van der Waals surface area contributed by atoms with Crippen LogP contribution in [0.1, 0.15) is 33.6 Å². The smallest absolute Gasteiger partial charge is 0.222 e. The molecule has 5 heteroatoms. The number of carbonyl (C=O) groups is 1. The van der Waals surface area contributed by atoms with Crippen LogP contribution in [0.2, 0.25) is 0 Å². The van der Waals surface area contributed by atoms with Crippen molar-refractivity contribution in [2.45, 2.75) is 39.7 Å². The predicted octanol–water partition coefficient (Wildman–Crippen LogP) is 0.868. The summed E-state index contributed by atoms with van der Waals surface area (Å²) in [4.78, 5) is 13.9. The molecule has 1 heterocycles. The number of likely N-dealkylation sites (tertiary alicyclic amines) is 1. The highest BCUT2D eigenvalue weighted by Gasteiger charge is 2.22. The number of amides is 1. The summed E-state index contributed by atoms with van der Waals surface area (Å²) in [7, 11) is 0. The Labute approximate surface area is 122 Å². The van der Waals surface area contributed by atoms with Crippen molar-refractivity contribution in [3.05, 3.63) is 0 Å². The van der Waals surface area contributed by atoms with Gasteiger partial charge in [-0.15, -0.1) is 0 Å². The van der Waals surface area contributed by atoms with Crippen LogP contribution in [-0.4, -0.2) is 61.4 Å². The van der Waals surface area contributed by atoms with Crippen LogP contribution in [-0.2, 0) is 9.53 Å². The van der Waals surface area contributed by atoms with E-state index in [9.17, 15) is 9.90 Å². The third kappa shape index (κ3) is 6.68. The van der Waals surface area contributed by atoms with Crippen molar-refractivity contribution in [2.75, 3.05) is 39.4 Å². The molecule has 5 nitrogen and oxygen atoms in total. The van der Waals surface area contributed by atoms with Gasteiger partial charge in [0.1, 0.15) is 0 Å². The normalized spacial score (nSPS) is 21.9. The molecule has 0 spiro atoms. The number of aliphatic hydroxyl groups is 1. The maximum atomic E-state index is 11.6. The van der Waals surface area contributed by atoms with Gasteiger partial charge in [-0.05, 0) is 32.2 Å². The number of rotatable bonds is 8. The Kier molecular flexibility index (Phi) is 8.11. The maximum absolute atomic E-state index is 11.6. The zero-order valence-corrected chi connectivity index (χ0v) is 13.1. The van der Waals surface area contributed by atoms with Crippen molar-refractivity contribution < 1.29 is 14.6 Å². The van der Waals surface area contributed by atoms with Gasteiger partial charge < -0.3 is 20.1 Å². The van der Waals surface area contributed by atoms with Gasteiger partial charge in [-0.3, -0.25) is 4.79 Å². The molecule has 0 saturated carbocycles. The van der Waals surface area contributed by atoms with Crippen LogP contribution in [0, 0.1) is 11.8 Å². The lowest BCUT2D eigenvalue weighted by atomic mass is 9.97. The third-order valence-electron chi connectivity index (χ3n) is 3.68. The fraction of sp³-hybridized carbons (Fsp3) is 0.933. The zero-order chi connectivity index (χ0) is 15.0. The minimum absolute atomic E-state index is 0.0442. The number of hydrogen-bond acceptors (Lipinski definition) is 4. The quantitative estimate of drug-likeness (QED) is 0.695. The topological polar surface area (TPSA) is 61.8 Å². The number of carbonyl (C=O) groups excluding carboxylic acids is 1. The molecule has 0 aromatic rings. The second-order valence-corrected chi connectivity index (χ2v) is 5.98. The van der Waals surface area contributed by atoms with Crippen molar-refractivity contribution in [1.29, 1.82) is 0 Å². The fourth-order valence-corrected chi connectivity index (χ4v) is 2.54. The first-order valence-corrected chi connectivity index (χ1v) is 7.78. The van der Waals surface area contributed by atoms with Gasteiger partial charge in [0.2, 0.25) is 5.91 Å². The van der Waals surface area contributed by atoms with E-state index in [1.807, 2.05) is 20.8 Å². The molecule has 1 aliphatic rings. The highest BCUT2D eigenvalue weighted by Crippen LogP contribution is 2.16. The van der Waals surface area contributed by atoms with E-state index in [4.69, 9.17) is 4.74 Å². The second-order valence-electron chi connectivity index (χ2n) is 5.98. The molecule has 20 heavy (non-hydrogen) atoms. The predicted molar refractivity (Wildman–Crippen MR) is 79.5 cm³/mol. The molecular formula is C15H30N2O3. The van der Waals surface area contributed by atoms with Gasteiger partial charge in [0.05, 0.1) is 12.7 Å². The Morgan fingerprint density at radius 1 is 1.50 bits per heavy atom. The monoisotopic (exact) mass is 286 g/mol. The number of hydrogen-bond donors (Lipinski definition) is 2. The Hall–Kier alpha value is -0.650. The minimum atomic E-state index is -0.418. The number of nitrogens with one attached hydrogen (secondary N) is 1. The van der Waals surface area contributed by atoms with Gasteiger partial charge in [0, 0.05) is 32.2 Å². The SMILES string of the molecule is CCOCC(O)CN1CCCC(CNC(=O)C(C)C)C1. The van der Waals surface area contributed by atoms with Crippen LogP contribution in [0.25, 0.3) is 0 Å². The van der Waals surface area contributed by atoms with Gasteiger partial charge in [-0.2, -0.15) is 0 Å². The molecule has 1 rings (SSSR count). The molecule has 0 bridgehead atoms. The largest absolute Gasteiger partial charge is 0.389 e. The molecule has 0 aromatic heterocycles. The first-order chi connectivity index (χ1) is 9.52. The summed E-state index contributed by atoms with van der Waals surface area (Å²) >= 11 is 0. The van der Waals surface area contributed by atoms with Crippen molar-refractivity contribution in [3.63, 3.8) is 0 Å². The summed E-state index contributed by atoms with van der Waals surface area (Å²) in [5.41, 5.74) is 0. The molecule has 1 amide bonds. The van der Waals surface area contributed by atoms with Gasteiger partial charge in [-0.25, -0.2) is 0 Å². The Morgan fingerprint density at radius 3 is 2.90 bits per heavy atom. The summed E-state index contributed by atoms with van der Waals surface area (Å²) in [5, 5.41) is 12.9. The molecule has 0 radical (unpaired) electrons. The number of β-amino-alcohol motifs (C(OH)–C–C–N with tert-alkyl or cyclic N) is 1. The van der Waals surface area contributed by atoms with Gasteiger partial charge in [-0.1, -0.05) is 13.8 Å². The number of piperidine rings is 1. The summed E-state index contributed by atoms with van der Waals surface area (Å²) in [6, 6.07) is 0. The van der Waals surface area contributed by atoms with E-state index in [2.05, 4.69) is 10.2 Å². The van der Waals surface area contributed by atoms with Crippen molar-refractivity contribution in [3.8, 4) is 0 Å². The third-order valence-corrected chi connectivity index (χ3v) is 3.68. The summed E-state index contributed by atoms with van der Waals surface area (Å²) < 4.78 is 5.24. The van der Waals surface area contributed by atoms with Crippen LogP contribution < -0.4 is 5.32 Å². The Morgan fingerprint density at radius 2 is 2.25 bits per heavy atom. The lowest BCUT2D eigenvalue weighted by Gasteiger charge is -2.34. The molecule has 1 aliphatic heterocycles. The number of ether oxygens (including phenoxy) is 1. The molecule has 2 unspecified atom stereocenters. The van der Waals surface area contributed by atoms with Crippen LogP contribution >= 0.6 is 0 Å². The van der Waals surface area contributed by atoms with Gasteiger partial charge in [0.25, 0.3) is 0 Å². The molecule has 118 valence electrons. The highest BCUT2D eigenvalue weighted by atomic mass is 16.5. The van der Waals surface area contributed by atoms with Crippen LogP contribution in [0.4, 0.5) is 0 Å². The first kappa shape index (κ1) is 17.4. The van der Waals surface area contributed by atoms with Gasteiger partial charge >= 0.3 is 0 Å². The summed E-state index contributed by atoms with van der Waals surface area (Å²) in [6.45, 7) is 10.2. The van der Waals surface area contributed by atoms with E-state index in [0.29, 0.717) is 25.7 Å². The number of aliphatic hydroxyl groups excluding tert-OH is 1. The van der Waals surface area contributed by atoms with E-state index < -0.39 is 6.10 Å². The standard InChI is InChI=1S/C15H30N2O3/c1-4-20-11-14(18)10-17-7-5-6-13(9-17)8-16-15(19)12(2)3/h12-14,18H,4-11H2,1-3H3,(H,16,19). The van der Waals surface area contributed by atoms with Crippen molar-refractivity contribution in [2.24, 2.45) is 11.8 Å². The van der Waals surface area contributed by atoms with Crippen molar-refractivity contribution in [1.82, 2.24) is 10.2 Å². The average Bonchev–Trinajstić information content (AvgIpc) is 2.42. The first-order valence-electron chi connectivity index (χ1n) is 7.78.